The minimum atomic E-state index is -0.406. The van der Waals surface area contributed by atoms with E-state index in [1.807, 2.05) is 6.92 Å². The third-order valence-electron chi connectivity index (χ3n) is 6.34. The van der Waals surface area contributed by atoms with Crippen LogP contribution in [0.3, 0.4) is 0 Å². The van der Waals surface area contributed by atoms with Gasteiger partial charge >= 0.3 is 0 Å². The molecule has 0 atom stereocenters. The molecule has 0 spiro atoms. The summed E-state index contributed by atoms with van der Waals surface area (Å²) in [5, 5.41) is 10.2. The van der Waals surface area contributed by atoms with Crippen molar-refractivity contribution in [1.29, 1.82) is 5.26 Å². The largest absolute Gasteiger partial charge is 0.487 e. The van der Waals surface area contributed by atoms with Gasteiger partial charge in [0, 0.05) is 11.3 Å². The van der Waals surface area contributed by atoms with Crippen molar-refractivity contribution in [2.75, 3.05) is 5.73 Å². The van der Waals surface area contributed by atoms with Crippen LogP contribution in [0.15, 0.2) is 30.3 Å². The molecule has 3 aromatic rings. The highest BCUT2D eigenvalue weighted by molar-refractivity contribution is 6.32. The Hall–Kier alpha value is -3.10. The topological polar surface area (TPSA) is 71.9 Å². The van der Waals surface area contributed by atoms with Gasteiger partial charge in [0.15, 0.2) is 0 Å². The highest BCUT2D eigenvalue weighted by Gasteiger charge is 2.22. The lowest BCUT2D eigenvalue weighted by Crippen LogP contribution is -2.11. The molecule has 0 saturated carbocycles. The Morgan fingerprint density at radius 3 is 2.58 bits per heavy atom. The number of fused-ring (bicyclic) bond motifs is 1. The first-order valence-corrected chi connectivity index (χ1v) is 11.7. The summed E-state index contributed by atoms with van der Waals surface area (Å²) in [4.78, 5) is 4.62. The predicted octanol–water partition coefficient (Wildman–Crippen LogP) is 6.85. The molecule has 1 heterocycles. The predicted molar refractivity (Wildman–Crippen MR) is 130 cm³/mol. The number of halogens is 2. The first-order valence-electron chi connectivity index (χ1n) is 11.3. The fourth-order valence-corrected chi connectivity index (χ4v) is 4.82. The zero-order valence-electron chi connectivity index (χ0n) is 19.0. The number of nitrogens with two attached hydrogens (primary N) is 1. The van der Waals surface area contributed by atoms with Crippen molar-refractivity contribution in [2.24, 2.45) is 0 Å². The first-order chi connectivity index (χ1) is 15.9. The molecule has 0 amide bonds. The summed E-state index contributed by atoms with van der Waals surface area (Å²) >= 11 is 6.13. The normalized spacial score (nSPS) is 13.5. The first kappa shape index (κ1) is 23.1. The van der Waals surface area contributed by atoms with Crippen LogP contribution >= 0.6 is 11.6 Å². The van der Waals surface area contributed by atoms with Gasteiger partial charge in [-0.1, -0.05) is 30.5 Å². The molecule has 0 fully saturated rings. The molecule has 170 valence electrons. The van der Waals surface area contributed by atoms with Crippen molar-refractivity contribution >= 4 is 17.4 Å². The highest BCUT2D eigenvalue weighted by atomic mass is 35.5. The molecule has 1 aromatic heterocycles. The fraction of sp³-hybridized carbons (Fsp3) is 0.333. The van der Waals surface area contributed by atoms with E-state index < -0.39 is 5.82 Å². The molecule has 33 heavy (non-hydrogen) atoms. The van der Waals surface area contributed by atoms with Crippen LogP contribution in [0.5, 0.6) is 5.75 Å². The Morgan fingerprint density at radius 1 is 1.09 bits per heavy atom. The maximum Gasteiger partial charge on any atom is 0.142 e. The standard InChI is InChI=1S/C27H27ClFN3O/c1-16-11-17(2)21(12-18(16)15-33-25-10-9-19(29)13-23(25)28)26-20-7-5-3-4-6-8-24(20)32-27(31)22(26)14-30/h9-13H,3-8,15H2,1-2H3,(H2,31,32). The van der Waals surface area contributed by atoms with Gasteiger partial charge in [-0.05, 0) is 91.6 Å². The zero-order valence-corrected chi connectivity index (χ0v) is 19.7. The van der Waals surface area contributed by atoms with Crippen LogP contribution in [0.1, 0.15) is 59.2 Å². The molecule has 0 radical (unpaired) electrons. The molecule has 6 heteroatoms. The maximum absolute atomic E-state index is 13.4. The van der Waals surface area contributed by atoms with Gasteiger partial charge in [-0.2, -0.15) is 5.26 Å². The number of hydrogen-bond acceptors (Lipinski definition) is 4. The molecule has 0 saturated heterocycles. The Bertz CT molecular complexity index is 1250. The van der Waals surface area contributed by atoms with Gasteiger partial charge in [0.25, 0.3) is 0 Å². The second-order valence-corrected chi connectivity index (χ2v) is 9.06. The SMILES string of the molecule is Cc1cc(C)c(-c2c(C#N)c(N)nc3c2CCCCCC3)cc1COc1ccc(F)cc1Cl. The van der Waals surface area contributed by atoms with Gasteiger partial charge < -0.3 is 10.5 Å². The summed E-state index contributed by atoms with van der Waals surface area (Å²) in [7, 11) is 0. The van der Waals surface area contributed by atoms with Crippen LogP contribution in [0.4, 0.5) is 10.2 Å². The van der Waals surface area contributed by atoms with Gasteiger partial charge in [0.1, 0.15) is 35.6 Å². The monoisotopic (exact) mass is 463 g/mol. The van der Waals surface area contributed by atoms with E-state index in [0.29, 0.717) is 17.1 Å². The molecule has 4 nitrogen and oxygen atoms in total. The average molecular weight is 464 g/mol. The number of nitrogen functional groups attached to an aromatic ring is 1. The van der Waals surface area contributed by atoms with E-state index in [-0.39, 0.29) is 11.6 Å². The second-order valence-electron chi connectivity index (χ2n) is 8.66. The lowest BCUT2D eigenvalue weighted by atomic mass is 9.85. The second kappa shape index (κ2) is 9.80. The van der Waals surface area contributed by atoms with E-state index >= 15 is 0 Å². The van der Waals surface area contributed by atoms with Gasteiger partial charge in [-0.25, -0.2) is 9.37 Å². The number of nitriles is 1. The van der Waals surface area contributed by atoms with Crippen LogP contribution in [-0.2, 0) is 19.4 Å². The van der Waals surface area contributed by atoms with E-state index in [4.69, 9.17) is 22.1 Å². The highest BCUT2D eigenvalue weighted by Crippen LogP contribution is 2.38. The smallest absolute Gasteiger partial charge is 0.142 e. The number of benzene rings is 2. The van der Waals surface area contributed by atoms with Crippen LogP contribution in [0, 0.1) is 31.0 Å². The molecular formula is C27H27ClFN3O. The van der Waals surface area contributed by atoms with Crippen molar-refractivity contribution in [2.45, 2.75) is 59.0 Å². The lowest BCUT2D eigenvalue weighted by molar-refractivity contribution is 0.305. The zero-order chi connectivity index (χ0) is 23.5. The van der Waals surface area contributed by atoms with E-state index in [0.717, 1.165) is 64.8 Å². The van der Waals surface area contributed by atoms with Crippen molar-refractivity contribution < 1.29 is 9.13 Å². The quantitative estimate of drug-likeness (QED) is 0.459. The van der Waals surface area contributed by atoms with E-state index in [2.05, 4.69) is 30.1 Å². The Kier molecular flexibility index (Phi) is 6.85. The number of pyridine rings is 1. The van der Waals surface area contributed by atoms with Crippen molar-refractivity contribution in [3.05, 3.63) is 74.7 Å². The summed E-state index contributed by atoms with van der Waals surface area (Å²) < 4.78 is 19.3. The molecule has 0 unspecified atom stereocenters. The van der Waals surface area contributed by atoms with Gasteiger partial charge in [0.05, 0.1) is 5.02 Å². The minimum Gasteiger partial charge on any atom is -0.487 e. The molecule has 2 aromatic carbocycles. The van der Waals surface area contributed by atoms with Gasteiger partial charge in [-0.15, -0.1) is 0 Å². The Morgan fingerprint density at radius 2 is 1.85 bits per heavy atom. The number of nitrogens with zero attached hydrogens (tertiary/aromatic N) is 2. The lowest BCUT2D eigenvalue weighted by Gasteiger charge is -2.22. The molecular weight excluding hydrogens is 437 g/mol. The van der Waals surface area contributed by atoms with Crippen molar-refractivity contribution in [3.8, 4) is 22.9 Å². The summed E-state index contributed by atoms with van der Waals surface area (Å²) in [5.41, 5.74) is 13.8. The van der Waals surface area contributed by atoms with E-state index in [9.17, 15) is 9.65 Å². The minimum absolute atomic E-state index is 0.232. The van der Waals surface area contributed by atoms with E-state index in [1.165, 1.54) is 31.0 Å². The maximum atomic E-state index is 13.4. The van der Waals surface area contributed by atoms with Gasteiger partial charge in [-0.3, -0.25) is 0 Å². The van der Waals surface area contributed by atoms with Crippen molar-refractivity contribution in [3.63, 3.8) is 0 Å². The number of aryl methyl sites for hydroxylation is 3. The van der Waals surface area contributed by atoms with Crippen LogP contribution in [0.25, 0.3) is 11.1 Å². The van der Waals surface area contributed by atoms with Crippen LogP contribution in [-0.4, -0.2) is 4.98 Å². The summed E-state index contributed by atoms with van der Waals surface area (Å²) in [6.07, 6.45) is 6.28. The third-order valence-corrected chi connectivity index (χ3v) is 6.64. The third kappa shape index (κ3) is 4.82. The average Bonchev–Trinajstić information content (AvgIpc) is 2.75. The molecule has 4 rings (SSSR count). The number of hydrogen-bond donors (Lipinski definition) is 1. The Labute approximate surface area is 199 Å². The molecule has 2 N–H and O–H groups in total. The summed E-state index contributed by atoms with van der Waals surface area (Å²) in [6.45, 7) is 4.35. The number of anilines is 1. The molecule has 0 aliphatic heterocycles. The molecule has 1 aliphatic carbocycles. The number of rotatable bonds is 4. The molecule has 0 bridgehead atoms. The van der Waals surface area contributed by atoms with Crippen LogP contribution in [0.2, 0.25) is 5.02 Å². The number of ether oxygens (including phenoxy) is 1. The number of aromatic nitrogens is 1. The van der Waals surface area contributed by atoms with Gasteiger partial charge in [0.2, 0.25) is 0 Å². The Balaban J connectivity index is 1.80. The summed E-state index contributed by atoms with van der Waals surface area (Å²) in [6, 6.07) is 10.6. The van der Waals surface area contributed by atoms with Crippen molar-refractivity contribution in [1.82, 2.24) is 4.98 Å². The fourth-order valence-electron chi connectivity index (χ4n) is 4.60. The van der Waals surface area contributed by atoms with Crippen LogP contribution < -0.4 is 10.5 Å². The summed E-state index contributed by atoms with van der Waals surface area (Å²) in [5.74, 6) is 0.315. The van der Waals surface area contributed by atoms with E-state index in [1.54, 1.807) is 0 Å². The molecule has 1 aliphatic rings.